The fourth-order valence-electron chi connectivity index (χ4n) is 1.48. The molecular formula is C11H16N4O2. The normalized spacial score (nSPS) is 11.0. The van der Waals surface area contributed by atoms with E-state index in [1.54, 1.807) is 25.5 Å². The Morgan fingerprint density at radius 2 is 2.24 bits per heavy atom. The lowest BCUT2D eigenvalue weighted by Crippen LogP contribution is -2.30. The first-order valence-electron chi connectivity index (χ1n) is 5.30. The van der Waals surface area contributed by atoms with Gasteiger partial charge in [0.25, 0.3) is 0 Å². The summed E-state index contributed by atoms with van der Waals surface area (Å²) in [6.07, 6.45) is 5.37. The first-order valence-corrected chi connectivity index (χ1v) is 5.30. The predicted octanol–water partition coefficient (Wildman–Crippen LogP) is 1.94. The minimum absolute atomic E-state index is 0.0184. The Balaban J connectivity index is 3.30. The molecule has 0 aliphatic heterocycles. The molecule has 17 heavy (non-hydrogen) atoms. The molecule has 92 valence electrons. The zero-order valence-electron chi connectivity index (χ0n) is 10.4. The molecule has 0 bridgehead atoms. The number of anilines is 1. The summed E-state index contributed by atoms with van der Waals surface area (Å²) in [6.45, 7) is 7.57. The SMILES string of the molecule is C#CC(C)(C)Nc1c([N+](=O)[O-])c(C)nn1CC. The summed E-state index contributed by atoms with van der Waals surface area (Å²) in [5.74, 6) is 2.90. The third kappa shape index (κ3) is 2.56. The molecule has 6 nitrogen and oxygen atoms in total. The van der Waals surface area contributed by atoms with Gasteiger partial charge in [-0.25, -0.2) is 4.68 Å². The molecule has 0 aliphatic carbocycles. The van der Waals surface area contributed by atoms with Crippen LogP contribution in [0, 0.1) is 29.4 Å². The van der Waals surface area contributed by atoms with Crippen LogP contribution in [0.4, 0.5) is 11.5 Å². The topological polar surface area (TPSA) is 73.0 Å². The quantitative estimate of drug-likeness (QED) is 0.492. The highest BCUT2D eigenvalue weighted by molar-refractivity contribution is 5.61. The van der Waals surface area contributed by atoms with Gasteiger partial charge in [0, 0.05) is 6.54 Å². The lowest BCUT2D eigenvalue weighted by Gasteiger charge is -2.20. The minimum Gasteiger partial charge on any atom is -0.349 e. The average Bonchev–Trinajstić information content (AvgIpc) is 2.54. The van der Waals surface area contributed by atoms with E-state index in [1.165, 1.54) is 0 Å². The van der Waals surface area contributed by atoms with E-state index in [4.69, 9.17) is 6.42 Å². The van der Waals surface area contributed by atoms with Gasteiger partial charge in [-0.05, 0) is 27.7 Å². The minimum atomic E-state index is -0.663. The molecule has 1 aromatic heterocycles. The third-order valence-electron chi connectivity index (χ3n) is 2.37. The molecule has 0 saturated heterocycles. The Bertz CT molecular complexity index is 482. The predicted molar refractivity (Wildman–Crippen MR) is 65.8 cm³/mol. The number of aromatic nitrogens is 2. The zero-order chi connectivity index (χ0) is 13.2. The largest absolute Gasteiger partial charge is 0.349 e. The van der Waals surface area contributed by atoms with Crippen molar-refractivity contribution in [3.8, 4) is 12.3 Å². The van der Waals surface area contributed by atoms with E-state index in [-0.39, 0.29) is 5.69 Å². The van der Waals surface area contributed by atoms with Crippen LogP contribution < -0.4 is 5.32 Å². The van der Waals surface area contributed by atoms with E-state index in [0.717, 1.165) is 0 Å². The van der Waals surface area contributed by atoms with Crippen molar-refractivity contribution in [1.82, 2.24) is 9.78 Å². The molecule has 0 fully saturated rings. The van der Waals surface area contributed by atoms with Gasteiger partial charge in [-0.1, -0.05) is 5.92 Å². The van der Waals surface area contributed by atoms with Crippen LogP contribution in [0.1, 0.15) is 26.5 Å². The van der Waals surface area contributed by atoms with E-state index in [1.807, 2.05) is 6.92 Å². The van der Waals surface area contributed by atoms with Gasteiger partial charge in [-0.3, -0.25) is 10.1 Å². The Kier molecular flexibility index (Phi) is 3.42. The lowest BCUT2D eigenvalue weighted by molar-refractivity contribution is -0.384. The van der Waals surface area contributed by atoms with Crippen molar-refractivity contribution in [3.63, 3.8) is 0 Å². The van der Waals surface area contributed by atoms with Crippen molar-refractivity contribution in [2.24, 2.45) is 0 Å². The maximum absolute atomic E-state index is 11.0. The van der Waals surface area contributed by atoms with E-state index in [0.29, 0.717) is 18.1 Å². The van der Waals surface area contributed by atoms with E-state index in [9.17, 15) is 10.1 Å². The first kappa shape index (κ1) is 13.0. The molecule has 0 saturated carbocycles. The second-order valence-electron chi connectivity index (χ2n) is 4.25. The van der Waals surface area contributed by atoms with E-state index >= 15 is 0 Å². The molecule has 1 N–H and O–H groups in total. The molecule has 1 heterocycles. The summed E-state index contributed by atoms with van der Waals surface area (Å²) in [5.41, 5.74) is -0.299. The highest BCUT2D eigenvalue weighted by atomic mass is 16.6. The van der Waals surface area contributed by atoms with Crippen molar-refractivity contribution >= 4 is 11.5 Å². The number of nitrogens with zero attached hydrogens (tertiary/aromatic N) is 3. The van der Waals surface area contributed by atoms with Crippen LogP contribution in [-0.4, -0.2) is 20.2 Å². The smallest absolute Gasteiger partial charge is 0.333 e. The fraction of sp³-hybridized carbons (Fsp3) is 0.545. The molecule has 0 amide bonds. The first-order chi connectivity index (χ1) is 7.82. The van der Waals surface area contributed by atoms with Gasteiger partial charge in [0.05, 0.1) is 10.5 Å². The monoisotopic (exact) mass is 236 g/mol. The number of terminal acetylenes is 1. The molecule has 1 aromatic rings. The van der Waals surface area contributed by atoms with Gasteiger partial charge in [0.15, 0.2) is 0 Å². The molecule has 0 aromatic carbocycles. The van der Waals surface area contributed by atoms with Crippen molar-refractivity contribution in [2.45, 2.75) is 39.8 Å². The molecule has 0 aliphatic rings. The number of hydrogen-bond donors (Lipinski definition) is 1. The number of aryl methyl sites for hydroxylation is 2. The van der Waals surface area contributed by atoms with E-state index in [2.05, 4.69) is 16.3 Å². The molecule has 0 atom stereocenters. The van der Waals surface area contributed by atoms with Crippen LogP contribution >= 0.6 is 0 Å². The van der Waals surface area contributed by atoms with Gasteiger partial charge in [-0.15, -0.1) is 6.42 Å². The number of nitro groups is 1. The van der Waals surface area contributed by atoms with Crippen LogP contribution in [-0.2, 0) is 6.54 Å². The third-order valence-corrected chi connectivity index (χ3v) is 2.37. The lowest BCUT2D eigenvalue weighted by atomic mass is 10.1. The van der Waals surface area contributed by atoms with Crippen molar-refractivity contribution < 1.29 is 4.92 Å². The van der Waals surface area contributed by atoms with Crippen LogP contribution in [0.3, 0.4) is 0 Å². The molecular weight excluding hydrogens is 220 g/mol. The van der Waals surface area contributed by atoms with Crippen LogP contribution in [0.5, 0.6) is 0 Å². The molecule has 0 unspecified atom stereocenters. The highest BCUT2D eigenvalue weighted by Gasteiger charge is 2.28. The van der Waals surface area contributed by atoms with Crippen LogP contribution in [0.15, 0.2) is 0 Å². The average molecular weight is 236 g/mol. The summed E-state index contributed by atoms with van der Waals surface area (Å²) in [5, 5.41) is 18.1. The van der Waals surface area contributed by atoms with Crippen LogP contribution in [0.25, 0.3) is 0 Å². The molecule has 0 radical (unpaired) electrons. The van der Waals surface area contributed by atoms with Crippen LogP contribution in [0.2, 0.25) is 0 Å². The van der Waals surface area contributed by atoms with Gasteiger partial charge in [0.1, 0.15) is 5.69 Å². The summed E-state index contributed by atoms with van der Waals surface area (Å²) in [7, 11) is 0. The molecule has 6 heteroatoms. The van der Waals surface area contributed by atoms with Crippen molar-refractivity contribution in [1.29, 1.82) is 0 Å². The van der Waals surface area contributed by atoms with Gasteiger partial charge >= 0.3 is 5.69 Å². The summed E-state index contributed by atoms with van der Waals surface area (Å²) >= 11 is 0. The highest BCUT2D eigenvalue weighted by Crippen LogP contribution is 2.30. The second kappa shape index (κ2) is 4.45. The second-order valence-corrected chi connectivity index (χ2v) is 4.25. The summed E-state index contributed by atoms with van der Waals surface area (Å²) in [4.78, 5) is 10.6. The van der Waals surface area contributed by atoms with Crippen molar-refractivity contribution in [3.05, 3.63) is 15.8 Å². The maximum Gasteiger partial charge on any atom is 0.333 e. The van der Waals surface area contributed by atoms with E-state index < -0.39 is 10.5 Å². The number of nitrogens with one attached hydrogen (secondary N) is 1. The Hall–Kier alpha value is -2.03. The molecule has 0 spiro atoms. The van der Waals surface area contributed by atoms with Crippen molar-refractivity contribution in [2.75, 3.05) is 5.32 Å². The number of hydrogen-bond acceptors (Lipinski definition) is 4. The zero-order valence-corrected chi connectivity index (χ0v) is 10.4. The summed E-state index contributed by atoms with van der Waals surface area (Å²) < 4.78 is 1.55. The van der Waals surface area contributed by atoms with Gasteiger partial charge in [-0.2, -0.15) is 5.10 Å². The van der Waals surface area contributed by atoms with Gasteiger partial charge in [0.2, 0.25) is 5.82 Å². The fourth-order valence-corrected chi connectivity index (χ4v) is 1.48. The Morgan fingerprint density at radius 3 is 2.65 bits per heavy atom. The summed E-state index contributed by atoms with van der Waals surface area (Å²) in [6, 6.07) is 0. The Labute approximate surface area is 100 Å². The van der Waals surface area contributed by atoms with Gasteiger partial charge < -0.3 is 5.32 Å². The standard InChI is InChI=1S/C11H16N4O2/c1-6-11(4,5)12-10-9(15(16)17)8(3)13-14(10)7-2/h1,12H,7H2,2-5H3. The number of rotatable bonds is 4. The maximum atomic E-state index is 11.0. The molecule has 1 rings (SSSR count). The Morgan fingerprint density at radius 1 is 1.65 bits per heavy atom.